The van der Waals surface area contributed by atoms with Crippen molar-refractivity contribution in [1.29, 1.82) is 0 Å². The van der Waals surface area contributed by atoms with Crippen molar-refractivity contribution >= 4 is 154 Å². The average molecular weight is 1770 g/mol. The number of hydrogen-bond acceptors (Lipinski definition) is 6. The summed E-state index contributed by atoms with van der Waals surface area (Å²) in [6.45, 7) is 0. The van der Waals surface area contributed by atoms with E-state index in [9.17, 15) is 0 Å². The Hall–Kier alpha value is -18.0. The molecule has 0 radical (unpaired) electrons. The minimum absolute atomic E-state index is 1.02. The number of pyridine rings is 1. The fraction of sp³-hybridized carbons (Fsp3) is 0. The van der Waals surface area contributed by atoms with E-state index in [-0.39, 0.29) is 0 Å². The molecule has 0 atom stereocenters. The normalized spacial score (nSPS) is 11.4. The summed E-state index contributed by atoms with van der Waals surface area (Å²) >= 11 is 1.85. The van der Waals surface area contributed by atoms with Gasteiger partial charge in [-0.15, -0.1) is 11.3 Å². The van der Waals surface area contributed by atoms with E-state index in [2.05, 4.69) is 555 Å². The molecule has 25 aromatic rings. The highest BCUT2D eigenvalue weighted by molar-refractivity contribution is 7.25. The van der Waals surface area contributed by atoms with Crippen molar-refractivity contribution in [3.05, 3.63) is 540 Å². The summed E-state index contributed by atoms with van der Waals surface area (Å²) in [4.78, 5) is 14.1. The third-order valence-corrected chi connectivity index (χ3v) is 27.4. The zero-order valence-electron chi connectivity index (χ0n) is 74.9. The van der Waals surface area contributed by atoms with Crippen molar-refractivity contribution in [3.63, 3.8) is 0 Å². The van der Waals surface area contributed by atoms with Crippen molar-refractivity contribution in [2.24, 2.45) is 0 Å². The number of hydrogen-bond donors (Lipinski definition) is 0. The van der Waals surface area contributed by atoms with E-state index >= 15 is 0 Å². The van der Waals surface area contributed by atoms with Crippen LogP contribution in [0.1, 0.15) is 0 Å². The second-order valence-corrected chi connectivity index (χ2v) is 35.8. The first-order valence-corrected chi connectivity index (χ1v) is 47.4. The SMILES string of the molecule is c1ccc(-c2ccc(-n3c4ccccc4c4ccc(-c5cccc(N(c6ccccc6)c6cc(-c7ccccc7)cc(N(c7ccccc7)c7ccc8c(c7)sc7ccccc78)c6)c5)cc43)cc2)cc1.c1ccc(N(c2ccc(-c3ccc4ccccc4c3)cc2)c2cc(-c3cccnc3)cc(N(c3ccccc3)c3cccc(-c4ccc5c6ccccc6n(-c6ccccc6)c5c4)c3)c2)cc1. The first kappa shape index (κ1) is 82.2. The highest BCUT2D eigenvalue weighted by Crippen LogP contribution is 2.50. The molecule has 0 aliphatic rings. The number of anilines is 12. The molecule has 0 aliphatic carbocycles. The van der Waals surface area contributed by atoms with E-state index in [4.69, 9.17) is 0 Å². The van der Waals surface area contributed by atoms with E-state index < -0.39 is 0 Å². The number of aromatic nitrogens is 3. The Morgan fingerprint density at radius 3 is 0.985 bits per heavy atom. The second kappa shape index (κ2) is 36.3. The van der Waals surface area contributed by atoms with Gasteiger partial charge in [0.25, 0.3) is 0 Å². The molecule has 7 nitrogen and oxygen atoms in total. The Kier molecular flexibility index (Phi) is 21.8. The van der Waals surface area contributed by atoms with Crippen LogP contribution >= 0.6 is 11.3 Å². The predicted octanol–water partition coefficient (Wildman–Crippen LogP) is 36.4. The molecule has 4 heterocycles. The number of rotatable bonds is 20. The summed E-state index contributed by atoms with van der Waals surface area (Å²) in [6, 6.07) is 191. The van der Waals surface area contributed by atoms with Gasteiger partial charge in [-0.05, 0) is 272 Å². The summed E-state index contributed by atoms with van der Waals surface area (Å²) in [6.07, 6.45) is 3.78. The van der Waals surface area contributed by atoms with Crippen LogP contribution in [-0.2, 0) is 0 Å². The Morgan fingerprint density at radius 1 is 0.161 bits per heavy atom. The number of thiophene rings is 1. The molecule has 8 heteroatoms. The number of para-hydroxylation sites is 7. The van der Waals surface area contributed by atoms with Crippen molar-refractivity contribution in [2.75, 3.05) is 19.6 Å². The van der Waals surface area contributed by atoms with Gasteiger partial charge in [0, 0.05) is 139 Å². The summed E-state index contributed by atoms with van der Waals surface area (Å²) in [5.41, 5.74) is 33.4. The molecule has 0 saturated carbocycles. The molecule has 21 aromatic carbocycles. The molecule has 0 amide bonds. The van der Waals surface area contributed by atoms with Crippen LogP contribution in [0.5, 0.6) is 0 Å². The minimum Gasteiger partial charge on any atom is -0.310 e. The maximum absolute atomic E-state index is 4.58. The molecule has 25 rings (SSSR count). The van der Waals surface area contributed by atoms with E-state index in [0.717, 1.165) is 124 Å². The lowest BCUT2D eigenvalue weighted by Gasteiger charge is -2.30. The smallest absolute Gasteiger partial charge is 0.0547 e. The van der Waals surface area contributed by atoms with Gasteiger partial charge in [-0.25, -0.2) is 0 Å². The molecule has 4 aromatic heterocycles. The van der Waals surface area contributed by atoms with E-state index in [0.29, 0.717) is 0 Å². The van der Waals surface area contributed by atoms with Crippen molar-refractivity contribution in [2.45, 2.75) is 0 Å². The third-order valence-electron chi connectivity index (χ3n) is 26.3. The molecule has 0 N–H and O–H groups in total. The van der Waals surface area contributed by atoms with Crippen LogP contribution in [0.4, 0.5) is 68.2 Å². The lowest BCUT2D eigenvalue weighted by molar-refractivity contribution is 1.18. The van der Waals surface area contributed by atoms with Gasteiger partial charge in [0.15, 0.2) is 0 Å². The molecule has 0 aliphatic heterocycles. The highest BCUT2D eigenvalue weighted by Gasteiger charge is 2.26. The van der Waals surface area contributed by atoms with Gasteiger partial charge in [0.1, 0.15) is 0 Å². The first-order chi connectivity index (χ1) is 67.9. The van der Waals surface area contributed by atoms with Crippen LogP contribution in [-0.4, -0.2) is 14.1 Å². The van der Waals surface area contributed by atoms with Gasteiger partial charge in [-0.1, -0.05) is 328 Å². The van der Waals surface area contributed by atoms with Gasteiger partial charge in [0.05, 0.1) is 22.1 Å². The van der Waals surface area contributed by atoms with E-state index in [1.165, 1.54) is 96.8 Å². The maximum Gasteiger partial charge on any atom is 0.0547 e. The molecular weight excluding hydrogens is 1680 g/mol. The van der Waals surface area contributed by atoms with Gasteiger partial charge >= 0.3 is 0 Å². The largest absolute Gasteiger partial charge is 0.310 e. The number of fused-ring (bicyclic) bond motifs is 10. The van der Waals surface area contributed by atoms with Crippen LogP contribution in [0.3, 0.4) is 0 Å². The monoisotopic (exact) mass is 1770 g/mol. The molecule has 0 bridgehead atoms. The third kappa shape index (κ3) is 16.1. The fourth-order valence-electron chi connectivity index (χ4n) is 19.8. The van der Waals surface area contributed by atoms with Crippen molar-refractivity contribution in [3.8, 4) is 78.1 Å². The summed E-state index contributed by atoms with van der Waals surface area (Å²) in [5.74, 6) is 0. The quantitative estimate of drug-likeness (QED) is 0.0760. The summed E-state index contributed by atoms with van der Waals surface area (Å²) < 4.78 is 7.36. The summed E-state index contributed by atoms with van der Waals surface area (Å²) in [5, 5.41) is 9.99. The number of benzene rings is 21. The standard InChI is InChI=1S/C66H45N3S.C63H44N4/c1-5-18-46(19-6-1)48-32-35-54(36-33-48)69-63-30-15-13-28-59(63)60-38-34-50(43-64(60)69)49-22-17-27-55(40-49)67(52-23-9-3-10-24-52)57-41-51(47-20-7-2-8-21-47)42-58(44-57)68(53-25-11-4-12-26-53)56-37-39-62-61-29-14-16-31-65(61)70-66(62)45-56;1-4-20-53(21-5-1)65(56-34-31-46(32-35-56)49-30-29-45-16-10-11-17-47(45)38-49)58-40-52(51-19-15-37-64-44-51)41-59(43-58)66(54-22-6-2-7-23-54)57-26-14-18-48(39-57)50-33-36-61-60-27-12-13-28-62(60)67(63(61)42-50)55-24-8-3-9-25-55/h1-45H;1-44H. The van der Waals surface area contributed by atoms with Gasteiger partial charge in [0.2, 0.25) is 0 Å². The highest BCUT2D eigenvalue weighted by atomic mass is 32.1. The van der Waals surface area contributed by atoms with E-state index in [1.807, 2.05) is 29.8 Å². The molecule has 0 spiro atoms. The Balaban J connectivity index is 0.000000150. The lowest BCUT2D eigenvalue weighted by atomic mass is 10.00. The maximum atomic E-state index is 4.58. The zero-order chi connectivity index (χ0) is 90.9. The predicted molar refractivity (Wildman–Crippen MR) is 581 cm³/mol. The van der Waals surface area contributed by atoms with Crippen molar-refractivity contribution < 1.29 is 0 Å². The van der Waals surface area contributed by atoms with Gasteiger partial charge in [-0.2, -0.15) is 0 Å². The number of nitrogens with zero attached hydrogens (tertiary/aromatic N) is 7. The lowest BCUT2D eigenvalue weighted by Crippen LogP contribution is -2.13. The minimum atomic E-state index is 1.02. The molecule has 137 heavy (non-hydrogen) atoms. The summed E-state index contributed by atoms with van der Waals surface area (Å²) in [7, 11) is 0. The second-order valence-electron chi connectivity index (χ2n) is 34.7. The first-order valence-electron chi connectivity index (χ1n) is 46.6. The van der Waals surface area contributed by atoms with Crippen LogP contribution < -0.4 is 19.6 Å². The van der Waals surface area contributed by atoms with E-state index in [1.54, 1.807) is 0 Å². The molecule has 0 fully saturated rings. The van der Waals surface area contributed by atoms with Crippen molar-refractivity contribution in [1.82, 2.24) is 14.1 Å². The van der Waals surface area contributed by atoms with Crippen LogP contribution in [0.2, 0.25) is 0 Å². The van der Waals surface area contributed by atoms with Crippen LogP contribution in [0.25, 0.3) is 153 Å². The van der Waals surface area contributed by atoms with Gasteiger partial charge < -0.3 is 28.7 Å². The Labute approximate surface area is 800 Å². The molecule has 646 valence electrons. The Morgan fingerprint density at radius 2 is 0.474 bits per heavy atom. The molecule has 0 unspecified atom stereocenters. The molecular formula is C129H89N7S. The zero-order valence-corrected chi connectivity index (χ0v) is 75.7. The Bertz CT molecular complexity index is 8690. The topological polar surface area (TPSA) is 35.7 Å². The van der Waals surface area contributed by atoms with Crippen LogP contribution in [0.15, 0.2) is 540 Å². The van der Waals surface area contributed by atoms with Gasteiger partial charge in [-0.3, -0.25) is 4.98 Å². The molecule has 0 saturated heterocycles. The van der Waals surface area contributed by atoms with Crippen LogP contribution in [0, 0.1) is 0 Å². The average Bonchev–Trinajstić information content (AvgIpc) is 1.60. The fourth-order valence-corrected chi connectivity index (χ4v) is 21.0.